The van der Waals surface area contributed by atoms with Crippen LogP contribution >= 0.6 is 15.9 Å². The van der Waals surface area contributed by atoms with Gasteiger partial charge in [-0.3, -0.25) is 5.32 Å². The molecule has 0 saturated carbocycles. The molecule has 0 unspecified atom stereocenters. The summed E-state index contributed by atoms with van der Waals surface area (Å²) in [6.45, 7) is 4.92. The zero-order valence-corrected chi connectivity index (χ0v) is 12.0. The van der Waals surface area contributed by atoms with E-state index in [0.717, 1.165) is 12.3 Å². The first-order valence-electron chi connectivity index (χ1n) is 5.22. The van der Waals surface area contributed by atoms with Crippen molar-refractivity contribution >= 4 is 27.8 Å². The van der Waals surface area contributed by atoms with Gasteiger partial charge in [0.1, 0.15) is 11.4 Å². The Hall–Kier alpha value is -1.31. The van der Waals surface area contributed by atoms with Crippen LogP contribution in [-0.4, -0.2) is 16.7 Å². The van der Waals surface area contributed by atoms with Gasteiger partial charge in [-0.05, 0) is 42.8 Å². The van der Waals surface area contributed by atoms with E-state index in [4.69, 9.17) is 4.74 Å². The number of rotatable bonds is 1. The van der Waals surface area contributed by atoms with Crippen LogP contribution in [0.2, 0.25) is 0 Å². The minimum Gasteiger partial charge on any atom is -0.444 e. The Morgan fingerprint density at radius 1 is 1.37 bits per heavy atom. The molecule has 4 nitrogen and oxygen atoms in total. The summed E-state index contributed by atoms with van der Waals surface area (Å²) in [6.07, 6.45) is -4.43. The summed E-state index contributed by atoms with van der Waals surface area (Å²) in [7, 11) is 0. The quantitative estimate of drug-likeness (QED) is 0.833. The Labute approximate surface area is 116 Å². The average molecular weight is 341 g/mol. The monoisotopic (exact) mass is 340 g/mol. The van der Waals surface area contributed by atoms with Crippen LogP contribution in [0.3, 0.4) is 0 Å². The second kappa shape index (κ2) is 5.36. The molecular formula is C11H12BrF3N2O2. The molecule has 0 spiro atoms. The number of aromatic nitrogens is 1. The number of amides is 1. The van der Waals surface area contributed by atoms with E-state index in [2.05, 4.69) is 26.2 Å². The first kappa shape index (κ1) is 15.7. The first-order chi connectivity index (χ1) is 8.49. The van der Waals surface area contributed by atoms with Gasteiger partial charge >= 0.3 is 12.3 Å². The number of pyridine rings is 1. The highest BCUT2D eigenvalue weighted by Gasteiger charge is 2.33. The Balaban J connectivity index is 2.89. The first-order valence-corrected chi connectivity index (χ1v) is 6.01. The van der Waals surface area contributed by atoms with Crippen molar-refractivity contribution in [1.29, 1.82) is 0 Å². The maximum Gasteiger partial charge on any atom is 0.417 e. The Morgan fingerprint density at radius 3 is 2.42 bits per heavy atom. The molecular weight excluding hydrogens is 329 g/mol. The number of hydrogen-bond donors (Lipinski definition) is 1. The number of halogens is 4. The zero-order valence-electron chi connectivity index (χ0n) is 10.4. The Bertz CT molecular complexity index is 484. The molecule has 0 saturated heterocycles. The van der Waals surface area contributed by atoms with Crippen molar-refractivity contribution in [3.8, 4) is 0 Å². The highest BCUT2D eigenvalue weighted by molar-refractivity contribution is 9.10. The molecule has 1 heterocycles. The number of nitrogens with zero attached hydrogens (tertiary/aromatic N) is 1. The lowest BCUT2D eigenvalue weighted by Crippen LogP contribution is -2.27. The molecule has 0 radical (unpaired) electrons. The summed E-state index contributed by atoms with van der Waals surface area (Å²) < 4.78 is 42.6. The van der Waals surface area contributed by atoms with Gasteiger partial charge in [0, 0.05) is 10.7 Å². The van der Waals surface area contributed by atoms with Gasteiger partial charge in [0.15, 0.2) is 0 Å². The highest BCUT2D eigenvalue weighted by Crippen LogP contribution is 2.35. The summed E-state index contributed by atoms with van der Waals surface area (Å²) in [4.78, 5) is 15.1. The summed E-state index contributed by atoms with van der Waals surface area (Å²) in [6, 6.07) is 0.730. The molecule has 0 aliphatic heterocycles. The lowest BCUT2D eigenvalue weighted by molar-refractivity contribution is -0.138. The van der Waals surface area contributed by atoms with Crippen LogP contribution in [0, 0.1) is 0 Å². The fraction of sp³-hybridized carbons (Fsp3) is 0.455. The SMILES string of the molecule is CC(C)(C)OC(=O)Nc1cc(C(F)(F)F)c(Br)cn1. The van der Waals surface area contributed by atoms with Gasteiger partial charge in [0.2, 0.25) is 0 Å². The molecule has 0 aliphatic rings. The van der Waals surface area contributed by atoms with E-state index < -0.39 is 23.4 Å². The molecule has 106 valence electrons. The number of carbonyl (C=O) groups is 1. The standard InChI is InChI=1S/C11H12BrF3N2O2/c1-10(2,3)19-9(18)17-8-4-6(11(13,14)15)7(12)5-16-8/h4-5H,1-3H3,(H,16,17,18). The molecule has 0 bridgehead atoms. The minimum atomic E-state index is -4.54. The lowest BCUT2D eigenvalue weighted by atomic mass is 10.2. The van der Waals surface area contributed by atoms with Gasteiger partial charge in [0.05, 0.1) is 5.56 Å². The third-order valence-electron chi connectivity index (χ3n) is 1.79. The van der Waals surface area contributed by atoms with Crippen LogP contribution < -0.4 is 5.32 Å². The van der Waals surface area contributed by atoms with Crippen molar-refractivity contribution in [2.45, 2.75) is 32.5 Å². The van der Waals surface area contributed by atoms with Crippen LogP contribution in [0.15, 0.2) is 16.7 Å². The third-order valence-corrected chi connectivity index (χ3v) is 2.42. The van der Waals surface area contributed by atoms with E-state index in [1.165, 1.54) is 0 Å². The van der Waals surface area contributed by atoms with Crippen LogP contribution in [0.5, 0.6) is 0 Å². The molecule has 1 amide bonds. The molecule has 1 rings (SSSR count). The predicted octanol–water partition coefficient (Wildman–Crippen LogP) is 4.21. The van der Waals surface area contributed by atoms with Crippen molar-refractivity contribution in [3.63, 3.8) is 0 Å². The predicted molar refractivity (Wildman–Crippen MR) is 66.8 cm³/mol. The fourth-order valence-corrected chi connectivity index (χ4v) is 1.57. The highest BCUT2D eigenvalue weighted by atomic mass is 79.9. The van der Waals surface area contributed by atoms with Crippen LogP contribution in [0.4, 0.5) is 23.8 Å². The number of anilines is 1. The maximum absolute atomic E-state index is 12.6. The van der Waals surface area contributed by atoms with Crippen molar-refractivity contribution in [2.24, 2.45) is 0 Å². The van der Waals surface area contributed by atoms with Crippen LogP contribution in [-0.2, 0) is 10.9 Å². The molecule has 19 heavy (non-hydrogen) atoms. The molecule has 1 aromatic heterocycles. The van der Waals surface area contributed by atoms with Gasteiger partial charge in [-0.25, -0.2) is 9.78 Å². The van der Waals surface area contributed by atoms with E-state index in [1.807, 2.05) is 0 Å². The van der Waals surface area contributed by atoms with Gasteiger partial charge in [0.25, 0.3) is 0 Å². The molecule has 0 aliphatic carbocycles. The van der Waals surface area contributed by atoms with Gasteiger partial charge in [-0.1, -0.05) is 0 Å². The number of alkyl halides is 3. The Kier molecular flexibility index (Phi) is 4.44. The minimum absolute atomic E-state index is 0.199. The Morgan fingerprint density at radius 2 is 1.95 bits per heavy atom. The van der Waals surface area contributed by atoms with Crippen LogP contribution in [0.1, 0.15) is 26.3 Å². The third kappa shape index (κ3) is 5.06. The summed E-state index contributed by atoms with van der Waals surface area (Å²) in [5.41, 5.74) is -1.67. The van der Waals surface area contributed by atoms with E-state index in [1.54, 1.807) is 20.8 Å². The van der Waals surface area contributed by atoms with E-state index in [-0.39, 0.29) is 10.3 Å². The number of ether oxygens (including phenoxy) is 1. The number of carbonyl (C=O) groups excluding carboxylic acids is 1. The topological polar surface area (TPSA) is 51.2 Å². The molecule has 0 atom stereocenters. The molecule has 1 aromatic rings. The van der Waals surface area contributed by atoms with Crippen molar-refractivity contribution in [1.82, 2.24) is 4.98 Å². The average Bonchev–Trinajstić information content (AvgIpc) is 2.16. The van der Waals surface area contributed by atoms with E-state index in [9.17, 15) is 18.0 Å². The smallest absolute Gasteiger partial charge is 0.417 e. The molecule has 0 fully saturated rings. The molecule has 8 heteroatoms. The van der Waals surface area contributed by atoms with Gasteiger partial charge in [-0.2, -0.15) is 13.2 Å². The maximum atomic E-state index is 12.6. The lowest BCUT2D eigenvalue weighted by Gasteiger charge is -2.19. The number of hydrogen-bond acceptors (Lipinski definition) is 3. The summed E-state index contributed by atoms with van der Waals surface area (Å²) in [5, 5.41) is 2.15. The second-order valence-corrected chi connectivity index (χ2v) is 5.53. The molecule has 0 aromatic carbocycles. The normalized spacial score (nSPS) is 12.2. The molecule has 1 N–H and O–H groups in total. The second-order valence-electron chi connectivity index (χ2n) is 4.67. The van der Waals surface area contributed by atoms with Crippen molar-refractivity contribution < 1.29 is 22.7 Å². The van der Waals surface area contributed by atoms with Gasteiger partial charge in [-0.15, -0.1) is 0 Å². The van der Waals surface area contributed by atoms with Crippen molar-refractivity contribution in [2.75, 3.05) is 5.32 Å². The zero-order chi connectivity index (χ0) is 14.8. The summed E-state index contributed by atoms with van der Waals surface area (Å²) >= 11 is 2.75. The van der Waals surface area contributed by atoms with Crippen LogP contribution in [0.25, 0.3) is 0 Å². The number of nitrogens with one attached hydrogen (secondary N) is 1. The van der Waals surface area contributed by atoms with E-state index >= 15 is 0 Å². The van der Waals surface area contributed by atoms with Gasteiger partial charge < -0.3 is 4.74 Å². The van der Waals surface area contributed by atoms with E-state index in [0.29, 0.717) is 0 Å². The van der Waals surface area contributed by atoms with Crippen molar-refractivity contribution in [3.05, 3.63) is 22.3 Å². The fourth-order valence-electron chi connectivity index (χ4n) is 1.13. The largest absolute Gasteiger partial charge is 0.444 e. The summed E-state index contributed by atoms with van der Waals surface area (Å²) in [5.74, 6) is -0.232.